The quantitative estimate of drug-likeness (QED) is 0.793. The van der Waals surface area contributed by atoms with E-state index >= 15 is 0 Å². The third-order valence-corrected chi connectivity index (χ3v) is 2.40. The van der Waals surface area contributed by atoms with Crippen molar-refractivity contribution in [1.82, 2.24) is 20.5 Å². The molecule has 2 rings (SSSR count). The lowest BCUT2D eigenvalue weighted by Crippen LogP contribution is -2.25. The van der Waals surface area contributed by atoms with Crippen molar-refractivity contribution in [2.24, 2.45) is 0 Å². The van der Waals surface area contributed by atoms with E-state index < -0.39 is 0 Å². The number of aromatic amines is 1. The van der Waals surface area contributed by atoms with Crippen LogP contribution in [-0.2, 0) is 6.42 Å². The molecule has 80 valence electrons. The average molecular weight is 204 g/mol. The third-order valence-electron chi connectivity index (χ3n) is 2.40. The molecule has 0 saturated carbocycles. The Labute approximate surface area is 89.1 Å². The molecular weight excluding hydrogens is 188 g/mol. The van der Waals surface area contributed by atoms with E-state index in [0.717, 1.165) is 18.5 Å². The number of aromatic nitrogens is 3. The minimum Gasteiger partial charge on any atom is -0.314 e. The van der Waals surface area contributed by atoms with Crippen LogP contribution >= 0.6 is 0 Å². The number of pyridine rings is 1. The van der Waals surface area contributed by atoms with Crippen molar-refractivity contribution in [3.63, 3.8) is 0 Å². The first-order chi connectivity index (χ1) is 7.27. The Morgan fingerprint density at radius 3 is 3.00 bits per heavy atom. The van der Waals surface area contributed by atoms with E-state index in [9.17, 15) is 0 Å². The summed E-state index contributed by atoms with van der Waals surface area (Å²) >= 11 is 0. The second kappa shape index (κ2) is 4.40. The molecule has 2 aromatic heterocycles. The zero-order valence-electron chi connectivity index (χ0n) is 9.12. The van der Waals surface area contributed by atoms with Crippen molar-refractivity contribution in [2.75, 3.05) is 6.54 Å². The van der Waals surface area contributed by atoms with Crippen LogP contribution in [0.3, 0.4) is 0 Å². The number of nitrogens with one attached hydrogen (secondary N) is 2. The van der Waals surface area contributed by atoms with Gasteiger partial charge in [-0.2, -0.15) is 5.10 Å². The first-order valence-corrected chi connectivity index (χ1v) is 5.26. The summed E-state index contributed by atoms with van der Waals surface area (Å²) in [6, 6.07) is 0.529. The van der Waals surface area contributed by atoms with Crippen LogP contribution in [0, 0.1) is 0 Å². The first kappa shape index (κ1) is 10.1. The van der Waals surface area contributed by atoms with E-state index in [1.165, 1.54) is 10.9 Å². The van der Waals surface area contributed by atoms with Gasteiger partial charge in [-0.1, -0.05) is 13.8 Å². The summed E-state index contributed by atoms with van der Waals surface area (Å²) in [5, 5.41) is 11.5. The van der Waals surface area contributed by atoms with Crippen LogP contribution in [0.5, 0.6) is 0 Å². The molecule has 0 atom stereocenters. The maximum absolute atomic E-state index is 4.18. The SMILES string of the molecule is CC(C)NCCc1cncc2[nH]ncc12. The predicted molar refractivity (Wildman–Crippen MR) is 60.7 cm³/mol. The van der Waals surface area contributed by atoms with E-state index in [-0.39, 0.29) is 0 Å². The fraction of sp³-hybridized carbons (Fsp3) is 0.455. The Morgan fingerprint density at radius 2 is 2.20 bits per heavy atom. The highest BCUT2D eigenvalue weighted by Gasteiger charge is 2.03. The van der Waals surface area contributed by atoms with Gasteiger partial charge in [-0.25, -0.2) is 0 Å². The van der Waals surface area contributed by atoms with Gasteiger partial charge >= 0.3 is 0 Å². The lowest BCUT2D eigenvalue weighted by atomic mass is 10.1. The topological polar surface area (TPSA) is 53.6 Å². The molecule has 0 bridgehead atoms. The van der Waals surface area contributed by atoms with Gasteiger partial charge in [0.15, 0.2) is 0 Å². The van der Waals surface area contributed by atoms with Gasteiger partial charge in [0.25, 0.3) is 0 Å². The summed E-state index contributed by atoms with van der Waals surface area (Å²) in [7, 11) is 0. The molecule has 0 saturated heterocycles. The van der Waals surface area contributed by atoms with Crippen LogP contribution in [0.15, 0.2) is 18.6 Å². The van der Waals surface area contributed by atoms with Crippen molar-refractivity contribution in [3.8, 4) is 0 Å². The predicted octanol–water partition coefficient (Wildman–Crippen LogP) is 1.50. The van der Waals surface area contributed by atoms with Crippen molar-refractivity contribution >= 4 is 10.9 Å². The lowest BCUT2D eigenvalue weighted by molar-refractivity contribution is 0.591. The average Bonchev–Trinajstić information content (AvgIpc) is 2.65. The highest BCUT2D eigenvalue weighted by Crippen LogP contribution is 2.14. The molecule has 15 heavy (non-hydrogen) atoms. The fourth-order valence-electron chi connectivity index (χ4n) is 1.62. The smallest absolute Gasteiger partial charge is 0.0836 e. The maximum atomic E-state index is 4.18. The van der Waals surface area contributed by atoms with Gasteiger partial charge < -0.3 is 5.32 Å². The molecule has 0 aliphatic heterocycles. The molecule has 2 heterocycles. The zero-order valence-corrected chi connectivity index (χ0v) is 9.12. The fourth-order valence-corrected chi connectivity index (χ4v) is 1.62. The molecule has 0 fully saturated rings. The molecule has 0 unspecified atom stereocenters. The first-order valence-electron chi connectivity index (χ1n) is 5.26. The van der Waals surface area contributed by atoms with Crippen molar-refractivity contribution in [2.45, 2.75) is 26.3 Å². The summed E-state index contributed by atoms with van der Waals surface area (Å²) in [4.78, 5) is 4.18. The van der Waals surface area contributed by atoms with Crippen LogP contribution in [0.2, 0.25) is 0 Å². The van der Waals surface area contributed by atoms with Crippen LogP contribution in [-0.4, -0.2) is 27.8 Å². The van der Waals surface area contributed by atoms with E-state index in [1.807, 2.05) is 18.6 Å². The van der Waals surface area contributed by atoms with Crippen LogP contribution in [0.4, 0.5) is 0 Å². The monoisotopic (exact) mass is 204 g/mol. The molecule has 0 aliphatic carbocycles. The Balaban J connectivity index is 2.10. The normalized spacial score (nSPS) is 11.4. The van der Waals surface area contributed by atoms with Crippen molar-refractivity contribution < 1.29 is 0 Å². The summed E-state index contributed by atoms with van der Waals surface area (Å²) < 4.78 is 0. The van der Waals surface area contributed by atoms with Gasteiger partial charge in [-0.3, -0.25) is 10.1 Å². The standard InChI is InChI=1S/C11H16N4/c1-8(2)13-4-3-9-5-12-7-11-10(9)6-14-15-11/h5-8,13H,3-4H2,1-2H3,(H,14,15). The lowest BCUT2D eigenvalue weighted by Gasteiger charge is -2.07. The largest absolute Gasteiger partial charge is 0.314 e. The van der Waals surface area contributed by atoms with E-state index in [0.29, 0.717) is 6.04 Å². The maximum Gasteiger partial charge on any atom is 0.0836 e. The third kappa shape index (κ3) is 2.33. The van der Waals surface area contributed by atoms with Gasteiger partial charge in [-0.15, -0.1) is 0 Å². The molecule has 0 aromatic carbocycles. The highest BCUT2D eigenvalue weighted by molar-refractivity contribution is 5.80. The number of nitrogens with zero attached hydrogens (tertiary/aromatic N) is 2. The minimum absolute atomic E-state index is 0.529. The molecule has 2 aromatic rings. The Hall–Kier alpha value is -1.42. The number of rotatable bonds is 4. The van der Waals surface area contributed by atoms with Crippen LogP contribution in [0.25, 0.3) is 10.9 Å². The van der Waals surface area contributed by atoms with Gasteiger partial charge in [0.2, 0.25) is 0 Å². The molecular formula is C11H16N4. The number of H-pyrrole nitrogens is 1. The molecule has 0 amide bonds. The molecule has 0 radical (unpaired) electrons. The van der Waals surface area contributed by atoms with Gasteiger partial charge in [0.1, 0.15) is 0 Å². The van der Waals surface area contributed by atoms with Crippen molar-refractivity contribution in [3.05, 3.63) is 24.2 Å². The number of hydrogen-bond donors (Lipinski definition) is 2. The number of hydrogen-bond acceptors (Lipinski definition) is 3. The molecule has 4 heteroatoms. The Bertz CT molecular complexity index is 433. The summed E-state index contributed by atoms with van der Waals surface area (Å²) in [6.07, 6.45) is 6.57. The summed E-state index contributed by atoms with van der Waals surface area (Å²) in [5.41, 5.74) is 2.26. The van der Waals surface area contributed by atoms with Gasteiger partial charge in [0.05, 0.1) is 17.9 Å². The second-order valence-corrected chi connectivity index (χ2v) is 3.99. The van der Waals surface area contributed by atoms with Crippen LogP contribution < -0.4 is 5.32 Å². The van der Waals surface area contributed by atoms with E-state index in [4.69, 9.17) is 0 Å². The second-order valence-electron chi connectivity index (χ2n) is 3.99. The Kier molecular flexibility index (Phi) is 2.97. The minimum atomic E-state index is 0.529. The van der Waals surface area contributed by atoms with E-state index in [2.05, 4.69) is 34.3 Å². The summed E-state index contributed by atoms with van der Waals surface area (Å²) in [6.45, 7) is 5.27. The summed E-state index contributed by atoms with van der Waals surface area (Å²) in [5.74, 6) is 0. The molecule has 0 aliphatic rings. The van der Waals surface area contributed by atoms with Crippen molar-refractivity contribution in [1.29, 1.82) is 0 Å². The highest BCUT2D eigenvalue weighted by atomic mass is 15.1. The van der Waals surface area contributed by atoms with Crippen LogP contribution in [0.1, 0.15) is 19.4 Å². The number of fused-ring (bicyclic) bond motifs is 1. The van der Waals surface area contributed by atoms with E-state index in [1.54, 1.807) is 0 Å². The Morgan fingerprint density at radius 1 is 1.33 bits per heavy atom. The van der Waals surface area contributed by atoms with Gasteiger partial charge in [0, 0.05) is 17.6 Å². The zero-order chi connectivity index (χ0) is 10.7. The molecule has 0 spiro atoms. The van der Waals surface area contributed by atoms with Gasteiger partial charge in [-0.05, 0) is 18.5 Å². The molecule has 4 nitrogen and oxygen atoms in total. The molecule has 2 N–H and O–H groups in total.